The third-order valence-corrected chi connectivity index (χ3v) is 3.54. The Kier molecular flexibility index (Phi) is 3.89. The minimum absolute atomic E-state index is 0.0970. The molecule has 1 aromatic heterocycles. The lowest BCUT2D eigenvalue weighted by atomic mass is 10.1. The van der Waals surface area contributed by atoms with Gasteiger partial charge in [0.25, 0.3) is 5.56 Å². The molecule has 0 radical (unpaired) electrons. The van der Waals surface area contributed by atoms with Crippen LogP contribution in [0.15, 0.2) is 59.2 Å². The predicted molar refractivity (Wildman–Crippen MR) is 85.8 cm³/mol. The first-order valence-electron chi connectivity index (χ1n) is 6.88. The van der Waals surface area contributed by atoms with Gasteiger partial charge < -0.3 is 15.5 Å². The fourth-order valence-corrected chi connectivity index (χ4v) is 2.36. The minimum atomic E-state index is -0.123. The fraction of sp³-hybridized carbons (Fsp3) is 0.118. The van der Waals surface area contributed by atoms with Crippen molar-refractivity contribution in [3.8, 4) is 5.75 Å². The Bertz CT molecular complexity index is 915. The topological polar surface area (TPSA) is 68.1 Å². The number of fused-ring (bicyclic) bond motifs is 3. The van der Waals surface area contributed by atoms with E-state index in [0.717, 1.165) is 16.3 Å². The van der Waals surface area contributed by atoms with Crippen LogP contribution in [0.1, 0.15) is 0 Å². The highest BCUT2D eigenvalue weighted by atomic mass is 19.1. The van der Waals surface area contributed by atoms with E-state index >= 15 is 0 Å². The largest absolute Gasteiger partial charge is 0.489 e. The average Bonchev–Trinajstić information content (AvgIpc) is 2.56. The molecule has 3 rings (SSSR count). The zero-order chi connectivity index (χ0) is 15.5. The Hall–Kier alpha value is -2.66. The highest BCUT2D eigenvalue weighted by molar-refractivity contribution is 6.05. The summed E-state index contributed by atoms with van der Waals surface area (Å²) in [4.78, 5) is 14.9. The molecule has 3 aromatic rings. The van der Waals surface area contributed by atoms with Crippen molar-refractivity contribution in [1.82, 2.24) is 4.98 Å². The number of nitrogens with one attached hydrogen (secondary N) is 1. The number of H-pyrrole nitrogens is 1. The normalized spacial score (nSPS) is 12.0. The van der Waals surface area contributed by atoms with Gasteiger partial charge in [-0.1, -0.05) is 18.2 Å². The minimum Gasteiger partial charge on any atom is -0.489 e. The number of rotatable bonds is 4. The Morgan fingerprint density at radius 3 is 2.68 bits per heavy atom. The van der Waals surface area contributed by atoms with Gasteiger partial charge in [0.2, 0.25) is 0 Å². The molecular formula is C17H15FN2O2. The van der Waals surface area contributed by atoms with Gasteiger partial charge in [-0.15, -0.1) is 0 Å². The molecule has 0 saturated heterocycles. The van der Waals surface area contributed by atoms with Gasteiger partial charge in [-0.2, -0.15) is 0 Å². The summed E-state index contributed by atoms with van der Waals surface area (Å²) in [6, 6.07) is 12.7. The molecule has 0 spiro atoms. The lowest BCUT2D eigenvalue weighted by Crippen LogP contribution is -2.11. The molecule has 0 aliphatic rings. The van der Waals surface area contributed by atoms with E-state index in [1.807, 2.05) is 24.3 Å². The van der Waals surface area contributed by atoms with E-state index in [9.17, 15) is 9.18 Å². The van der Waals surface area contributed by atoms with Gasteiger partial charge in [0.05, 0.1) is 6.33 Å². The van der Waals surface area contributed by atoms with Crippen LogP contribution in [0.25, 0.3) is 21.7 Å². The van der Waals surface area contributed by atoms with E-state index in [0.29, 0.717) is 23.0 Å². The van der Waals surface area contributed by atoms with Gasteiger partial charge in [0.15, 0.2) is 0 Å². The molecule has 0 unspecified atom stereocenters. The van der Waals surface area contributed by atoms with Gasteiger partial charge in [0, 0.05) is 28.4 Å². The number of benzene rings is 2. The van der Waals surface area contributed by atoms with Crippen LogP contribution in [0.4, 0.5) is 4.39 Å². The molecule has 0 amide bonds. The maximum atomic E-state index is 12.5. The molecule has 2 aromatic carbocycles. The Morgan fingerprint density at radius 2 is 1.95 bits per heavy atom. The number of hydrogen-bond donors (Lipinski definition) is 2. The van der Waals surface area contributed by atoms with Crippen LogP contribution in [0.2, 0.25) is 0 Å². The second kappa shape index (κ2) is 5.99. The Labute approximate surface area is 126 Å². The zero-order valence-corrected chi connectivity index (χ0v) is 11.8. The molecule has 3 N–H and O–H groups in total. The molecule has 0 fully saturated rings. The van der Waals surface area contributed by atoms with E-state index in [2.05, 4.69) is 4.98 Å². The standard InChI is InChI=1S/C17H15FN2O2/c18-8-11(9-19)10-22-12-5-6-16-15(7-12)13-3-1-2-4-14(13)17(21)20-16/h1-8H,9-10,19H2,(H,20,21)/b11-8+. The van der Waals surface area contributed by atoms with Crippen molar-refractivity contribution in [1.29, 1.82) is 0 Å². The molecule has 4 nitrogen and oxygen atoms in total. The second-order valence-corrected chi connectivity index (χ2v) is 4.97. The molecule has 112 valence electrons. The molecule has 0 saturated carbocycles. The SMILES string of the molecule is NC/C(=C\F)COc1ccc2[nH]c(=O)c3ccccc3c2c1. The summed E-state index contributed by atoms with van der Waals surface area (Å²) >= 11 is 0. The molecule has 22 heavy (non-hydrogen) atoms. The highest BCUT2D eigenvalue weighted by Gasteiger charge is 2.06. The van der Waals surface area contributed by atoms with Crippen LogP contribution in [0.5, 0.6) is 5.75 Å². The van der Waals surface area contributed by atoms with E-state index in [1.54, 1.807) is 18.2 Å². The van der Waals surface area contributed by atoms with E-state index in [-0.39, 0.29) is 18.7 Å². The fourth-order valence-electron chi connectivity index (χ4n) is 2.36. The number of hydrogen-bond acceptors (Lipinski definition) is 3. The molecule has 0 bridgehead atoms. The number of halogens is 1. The van der Waals surface area contributed by atoms with E-state index < -0.39 is 0 Å². The maximum Gasteiger partial charge on any atom is 0.256 e. The van der Waals surface area contributed by atoms with Gasteiger partial charge >= 0.3 is 0 Å². The number of aromatic nitrogens is 1. The summed E-state index contributed by atoms with van der Waals surface area (Å²) in [7, 11) is 0. The van der Waals surface area contributed by atoms with Crippen molar-refractivity contribution in [2.75, 3.05) is 13.2 Å². The molecule has 5 heteroatoms. The monoisotopic (exact) mass is 298 g/mol. The molecule has 1 heterocycles. The number of nitrogens with two attached hydrogens (primary N) is 1. The van der Waals surface area contributed by atoms with Gasteiger partial charge in [0.1, 0.15) is 12.4 Å². The average molecular weight is 298 g/mol. The van der Waals surface area contributed by atoms with E-state index in [4.69, 9.17) is 10.5 Å². The van der Waals surface area contributed by atoms with Crippen molar-refractivity contribution in [3.63, 3.8) is 0 Å². The zero-order valence-electron chi connectivity index (χ0n) is 11.8. The van der Waals surface area contributed by atoms with Crippen LogP contribution >= 0.6 is 0 Å². The van der Waals surface area contributed by atoms with Crippen LogP contribution in [0.3, 0.4) is 0 Å². The molecule has 0 aliphatic heterocycles. The van der Waals surface area contributed by atoms with Crippen molar-refractivity contribution in [3.05, 3.63) is 64.7 Å². The van der Waals surface area contributed by atoms with Crippen LogP contribution in [-0.4, -0.2) is 18.1 Å². The third kappa shape index (κ3) is 2.58. The first-order valence-corrected chi connectivity index (χ1v) is 6.88. The van der Waals surface area contributed by atoms with Crippen molar-refractivity contribution >= 4 is 21.7 Å². The number of pyridine rings is 1. The highest BCUT2D eigenvalue weighted by Crippen LogP contribution is 2.25. The smallest absolute Gasteiger partial charge is 0.256 e. The summed E-state index contributed by atoms with van der Waals surface area (Å²) in [6.45, 7) is 0.208. The quantitative estimate of drug-likeness (QED) is 0.728. The second-order valence-electron chi connectivity index (χ2n) is 4.97. The van der Waals surface area contributed by atoms with E-state index in [1.165, 1.54) is 0 Å². The molecular weight excluding hydrogens is 283 g/mol. The first-order chi connectivity index (χ1) is 10.7. The Morgan fingerprint density at radius 1 is 1.18 bits per heavy atom. The summed E-state index contributed by atoms with van der Waals surface area (Å²) in [5, 5.41) is 2.36. The maximum absolute atomic E-state index is 12.5. The summed E-state index contributed by atoms with van der Waals surface area (Å²) in [5.41, 5.74) is 6.39. The summed E-state index contributed by atoms with van der Waals surface area (Å²) < 4.78 is 18.1. The third-order valence-electron chi connectivity index (χ3n) is 3.54. The van der Waals surface area contributed by atoms with Crippen LogP contribution in [-0.2, 0) is 0 Å². The van der Waals surface area contributed by atoms with Crippen LogP contribution < -0.4 is 16.0 Å². The lowest BCUT2D eigenvalue weighted by Gasteiger charge is -2.09. The summed E-state index contributed by atoms with van der Waals surface area (Å²) in [5.74, 6) is 0.595. The van der Waals surface area contributed by atoms with Crippen LogP contribution in [0, 0.1) is 0 Å². The predicted octanol–water partition coefficient (Wildman–Crippen LogP) is 2.87. The number of aromatic amines is 1. The van der Waals surface area contributed by atoms with Crippen molar-refractivity contribution in [2.45, 2.75) is 0 Å². The summed E-state index contributed by atoms with van der Waals surface area (Å²) in [6.07, 6.45) is 0.466. The Balaban J connectivity index is 2.07. The lowest BCUT2D eigenvalue weighted by molar-refractivity contribution is 0.348. The van der Waals surface area contributed by atoms with Gasteiger partial charge in [-0.05, 0) is 29.7 Å². The molecule has 0 aliphatic carbocycles. The number of ether oxygens (including phenoxy) is 1. The van der Waals surface area contributed by atoms with Crippen molar-refractivity contribution < 1.29 is 9.13 Å². The first kappa shape index (κ1) is 14.3. The van der Waals surface area contributed by atoms with Crippen molar-refractivity contribution in [2.24, 2.45) is 5.73 Å². The molecule has 0 atom stereocenters. The van der Waals surface area contributed by atoms with Gasteiger partial charge in [-0.3, -0.25) is 4.79 Å². The van der Waals surface area contributed by atoms with Gasteiger partial charge in [-0.25, -0.2) is 4.39 Å².